The lowest BCUT2D eigenvalue weighted by Gasteiger charge is -2.33. The highest BCUT2D eigenvalue weighted by molar-refractivity contribution is 5.35. The number of benzene rings is 2. The summed E-state index contributed by atoms with van der Waals surface area (Å²) in [4.78, 5) is 0. The fraction of sp³-hybridized carbons (Fsp3) is 0.586. The van der Waals surface area contributed by atoms with Crippen molar-refractivity contribution in [1.82, 2.24) is 0 Å². The summed E-state index contributed by atoms with van der Waals surface area (Å²) in [5, 5.41) is 0. The third kappa shape index (κ3) is 5.79. The lowest BCUT2D eigenvalue weighted by molar-refractivity contribution is 0.0814. The Bertz CT molecular complexity index is 727. The minimum absolute atomic E-state index is 0. The SMILES string of the molecule is C.CO[C@@H]1CC[C@@H](C(C)C)c2ccccc21.CO[C@H]1CCC(C(C)C)c2ccccc21. The van der Waals surface area contributed by atoms with E-state index in [1.165, 1.54) is 35.1 Å². The summed E-state index contributed by atoms with van der Waals surface area (Å²) in [6, 6.07) is 17.5. The van der Waals surface area contributed by atoms with Crippen LogP contribution in [-0.4, -0.2) is 14.2 Å². The van der Waals surface area contributed by atoms with Gasteiger partial charge in [-0.2, -0.15) is 0 Å². The van der Waals surface area contributed by atoms with Crippen LogP contribution in [0.2, 0.25) is 0 Å². The standard InChI is InChI=1S/2C14H20O.CH4/c2*1-10(2)11-8-9-14(15-3)13-7-5-4-6-12(11)13;/h2*4-7,10-11,14H,8-9H2,1-3H3;1H4/t11?,14-;11-,14+;/m00./s1. The molecule has 31 heavy (non-hydrogen) atoms. The van der Waals surface area contributed by atoms with Gasteiger partial charge in [0.15, 0.2) is 0 Å². The first-order chi connectivity index (χ1) is 14.5. The molecule has 0 bridgehead atoms. The van der Waals surface area contributed by atoms with Crippen molar-refractivity contribution in [2.24, 2.45) is 11.8 Å². The van der Waals surface area contributed by atoms with Gasteiger partial charge in [0.25, 0.3) is 0 Å². The van der Waals surface area contributed by atoms with Crippen LogP contribution in [-0.2, 0) is 9.47 Å². The number of ether oxygens (including phenoxy) is 2. The van der Waals surface area contributed by atoms with Crippen LogP contribution in [0.5, 0.6) is 0 Å². The zero-order valence-corrected chi connectivity index (χ0v) is 19.7. The third-order valence-electron chi connectivity index (χ3n) is 7.14. The van der Waals surface area contributed by atoms with Gasteiger partial charge >= 0.3 is 0 Å². The van der Waals surface area contributed by atoms with Crippen LogP contribution in [0.1, 0.15) is 107 Å². The van der Waals surface area contributed by atoms with E-state index in [2.05, 4.69) is 76.2 Å². The van der Waals surface area contributed by atoms with Crippen molar-refractivity contribution in [2.45, 2.75) is 84.8 Å². The van der Waals surface area contributed by atoms with Crippen LogP contribution in [0.15, 0.2) is 48.5 Å². The molecule has 0 N–H and O–H groups in total. The van der Waals surface area contributed by atoms with Gasteiger partial charge in [-0.15, -0.1) is 0 Å². The van der Waals surface area contributed by atoms with Crippen molar-refractivity contribution in [3.8, 4) is 0 Å². The Morgan fingerprint density at radius 1 is 0.581 bits per heavy atom. The van der Waals surface area contributed by atoms with E-state index in [4.69, 9.17) is 9.47 Å². The van der Waals surface area contributed by atoms with Gasteiger partial charge in [0, 0.05) is 14.2 Å². The van der Waals surface area contributed by atoms with Gasteiger partial charge in [-0.3, -0.25) is 0 Å². The van der Waals surface area contributed by atoms with Crippen molar-refractivity contribution in [3.63, 3.8) is 0 Å². The molecule has 0 saturated carbocycles. The second kappa shape index (κ2) is 11.8. The first-order valence-electron chi connectivity index (χ1n) is 11.7. The van der Waals surface area contributed by atoms with Gasteiger partial charge in [0.2, 0.25) is 0 Å². The molecule has 0 aromatic heterocycles. The van der Waals surface area contributed by atoms with E-state index in [0.717, 1.165) is 24.7 Å². The first-order valence-corrected chi connectivity index (χ1v) is 11.7. The molecule has 172 valence electrons. The molecule has 0 spiro atoms. The van der Waals surface area contributed by atoms with E-state index in [0.29, 0.717) is 24.0 Å². The molecule has 2 aromatic rings. The van der Waals surface area contributed by atoms with Crippen LogP contribution < -0.4 is 0 Å². The molecule has 2 aromatic carbocycles. The lowest BCUT2D eigenvalue weighted by atomic mass is 9.76. The van der Waals surface area contributed by atoms with Crippen molar-refractivity contribution in [1.29, 1.82) is 0 Å². The van der Waals surface area contributed by atoms with E-state index in [1.54, 1.807) is 0 Å². The summed E-state index contributed by atoms with van der Waals surface area (Å²) in [5.74, 6) is 2.88. The molecule has 0 amide bonds. The van der Waals surface area contributed by atoms with Crippen LogP contribution in [0, 0.1) is 11.8 Å². The molecular formula is C29H44O2. The predicted octanol–water partition coefficient (Wildman–Crippen LogP) is 8.45. The molecule has 2 nitrogen and oxygen atoms in total. The van der Waals surface area contributed by atoms with Crippen molar-refractivity contribution >= 4 is 0 Å². The zero-order chi connectivity index (χ0) is 21.7. The molecule has 1 unspecified atom stereocenters. The Morgan fingerprint density at radius 3 is 1.19 bits per heavy atom. The maximum atomic E-state index is 5.55. The summed E-state index contributed by atoms with van der Waals surface area (Å²) in [5.41, 5.74) is 5.83. The number of fused-ring (bicyclic) bond motifs is 2. The molecule has 4 rings (SSSR count). The minimum atomic E-state index is 0. The Kier molecular flexibility index (Phi) is 9.78. The average Bonchev–Trinajstić information content (AvgIpc) is 2.77. The van der Waals surface area contributed by atoms with E-state index >= 15 is 0 Å². The van der Waals surface area contributed by atoms with Gasteiger partial charge < -0.3 is 9.47 Å². The van der Waals surface area contributed by atoms with Crippen LogP contribution >= 0.6 is 0 Å². The van der Waals surface area contributed by atoms with Gasteiger partial charge in [-0.1, -0.05) is 83.7 Å². The largest absolute Gasteiger partial charge is 0.377 e. The topological polar surface area (TPSA) is 18.5 Å². The highest BCUT2D eigenvalue weighted by Gasteiger charge is 2.29. The third-order valence-corrected chi connectivity index (χ3v) is 7.14. The number of hydrogen-bond donors (Lipinski definition) is 0. The zero-order valence-electron chi connectivity index (χ0n) is 19.7. The van der Waals surface area contributed by atoms with E-state index < -0.39 is 0 Å². The van der Waals surface area contributed by atoms with Gasteiger partial charge in [-0.25, -0.2) is 0 Å². The highest BCUT2D eigenvalue weighted by Crippen LogP contribution is 2.43. The van der Waals surface area contributed by atoms with E-state index in [1.807, 2.05) is 14.2 Å². The average molecular weight is 425 g/mol. The van der Waals surface area contributed by atoms with E-state index in [9.17, 15) is 0 Å². The molecule has 0 aliphatic heterocycles. The molecule has 0 fully saturated rings. The molecule has 0 heterocycles. The van der Waals surface area contributed by atoms with E-state index in [-0.39, 0.29) is 7.43 Å². The van der Waals surface area contributed by atoms with Crippen LogP contribution in [0.4, 0.5) is 0 Å². The van der Waals surface area contributed by atoms with Crippen LogP contribution in [0.25, 0.3) is 0 Å². The van der Waals surface area contributed by atoms with Gasteiger partial charge in [-0.05, 0) is 71.6 Å². The normalized spacial score (nSPS) is 24.5. The Balaban J connectivity index is 0.000000213. The van der Waals surface area contributed by atoms with Crippen molar-refractivity contribution < 1.29 is 9.47 Å². The predicted molar refractivity (Wildman–Crippen MR) is 133 cm³/mol. The second-order valence-corrected chi connectivity index (χ2v) is 9.56. The van der Waals surface area contributed by atoms with Gasteiger partial charge in [0.05, 0.1) is 12.2 Å². The fourth-order valence-corrected chi connectivity index (χ4v) is 5.44. The first kappa shape index (κ1) is 25.6. The summed E-state index contributed by atoms with van der Waals surface area (Å²) in [6.07, 6.45) is 5.47. The fourth-order valence-electron chi connectivity index (χ4n) is 5.44. The summed E-state index contributed by atoms with van der Waals surface area (Å²) in [6.45, 7) is 9.26. The molecular weight excluding hydrogens is 380 g/mol. The van der Waals surface area contributed by atoms with Crippen LogP contribution in [0.3, 0.4) is 0 Å². The lowest BCUT2D eigenvalue weighted by Crippen LogP contribution is -2.19. The monoisotopic (exact) mass is 424 g/mol. The maximum Gasteiger partial charge on any atom is 0.0824 e. The number of methoxy groups -OCH3 is 2. The Labute approximate surface area is 191 Å². The Hall–Kier alpha value is -1.64. The highest BCUT2D eigenvalue weighted by atomic mass is 16.5. The smallest absolute Gasteiger partial charge is 0.0824 e. The molecule has 2 aliphatic rings. The van der Waals surface area contributed by atoms with Crippen molar-refractivity contribution in [2.75, 3.05) is 14.2 Å². The van der Waals surface area contributed by atoms with Crippen molar-refractivity contribution in [3.05, 3.63) is 70.8 Å². The number of rotatable bonds is 4. The van der Waals surface area contributed by atoms with Gasteiger partial charge in [0.1, 0.15) is 0 Å². The maximum absolute atomic E-state index is 5.55. The molecule has 0 saturated heterocycles. The summed E-state index contributed by atoms with van der Waals surface area (Å²) in [7, 11) is 3.63. The molecule has 4 atom stereocenters. The number of hydrogen-bond acceptors (Lipinski definition) is 2. The minimum Gasteiger partial charge on any atom is -0.377 e. The molecule has 2 aliphatic carbocycles. The summed E-state index contributed by atoms with van der Waals surface area (Å²) < 4.78 is 11.1. The molecule has 0 radical (unpaired) electrons. The Morgan fingerprint density at radius 2 is 0.903 bits per heavy atom. The summed E-state index contributed by atoms with van der Waals surface area (Å²) >= 11 is 0. The quantitative estimate of drug-likeness (QED) is 0.490. The molecule has 2 heteroatoms. The second-order valence-electron chi connectivity index (χ2n) is 9.56.